The van der Waals surface area contributed by atoms with E-state index in [1.54, 1.807) is 49.0 Å². The molecule has 13 heteroatoms. The zero-order chi connectivity index (χ0) is 35.5. The number of hydrogen-bond donors (Lipinski definition) is 1. The molecule has 1 aromatic carbocycles. The molecular weight excluding hydrogens is 677 g/mol. The van der Waals surface area contributed by atoms with Gasteiger partial charge in [-0.15, -0.1) is 11.3 Å². The van der Waals surface area contributed by atoms with Gasteiger partial charge in [0.05, 0.1) is 39.4 Å². The summed E-state index contributed by atoms with van der Waals surface area (Å²) in [6, 6.07) is 9.46. The summed E-state index contributed by atoms with van der Waals surface area (Å²) in [6.45, 7) is 6.89. The van der Waals surface area contributed by atoms with Gasteiger partial charge in [-0.05, 0) is 63.3 Å². The molecular formula is C37H33ClFN7O3S. The molecule has 0 atom stereocenters. The van der Waals surface area contributed by atoms with Crippen LogP contribution in [0.5, 0.6) is 0 Å². The molecule has 4 aromatic heterocycles. The smallest absolute Gasteiger partial charge is 0.338 e. The Kier molecular flexibility index (Phi) is 8.38. The Hall–Kier alpha value is -4.88. The van der Waals surface area contributed by atoms with E-state index in [0.29, 0.717) is 43.5 Å². The summed E-state index contributed by atoms with van der Waals surface area (Å²) in [5.74, 6) is 6.09. The Bertz CT molecular complexity index is 2370. The number of nitriles is 1. The van der Waals surface area contributed by atoms with Crippen molar-refractivity contribution in [2.24, 2.45) is 5.41 Å². The van der Waals surface area contributed by atoms with Gasteiger partial charge in [-0.1, -0.05) is 23.4 Å². The number of fused-ring (bicyclic) bond motifs is 2. The molecule has 254 valence electrons. The predicted molar refractivity (Wildman–Crippen MR) is 193 cm³/mol. The maximum absolute atomic E-state index is 14.0. The summed E-state index contributed by atoms with van der Waals surface area (Å²) in [4.78, 5) is 43.4. The predicted octanol–water partition coefficient (Wildman–Crippen LogP) is 6.30. The number of aromatic nitrogens is 4. The van der Waals surface area contributed by atoms with Crippen LogP contribution in [0.3, 0.4) is 0 Å². The number of pyridine rings is 2. The number of aromatic carboxylic acids is 1. The number of alkyl halides is 1. The number of benzene rings is 1. The van der Waals surface area contributed by atoms with Crippen molar-refractivity contribution in [3.05, 3.63) is 79.9 Å². The third-order valence-corrected chi connectivity index (χ3v) is 11.4. The zero-order valence-electron chi connectivity index (χ0n) is 27.9. The van der Waals surface area contributed by atoms with Gasteiger partial charge >= 0.3 is 5.97 Å². The number of thiophene rings is 1. The lowest BCUT2D eigenvalue weighted by Crippen LogP contribution is -2.70. The molecule has 1 spiro atoms. The third-order valence-electron chi connectivity index (χ3n) is 10.2. The maximum atomic E-state index is 14.0. The van der Waals surface area contributed by atoms with E-state index in [4.69, 9.17) is 11.6 Å². The molecule has 0 amide bonds. The normalized spacial score (nSPS) is 15.7. The third kappa shape index (κ3) is 5.58. The number of nitrogens with zero attached hydrogens (tertiary/aromatic N) is 7. The lowest BCUT2D eigenvalue weighted by atomic mass is 9.59. The fourth-order valence-electron chi connectivity index (χ4n) is 7.15. The van der Waals surface area contributed by atoms with E-state index in [2.05, 4.69) is 37.8 Å². The molecule has 2 fully saturated rings. The van der Waals surface area contributed by atoms with Crippen molar-refractivity contribution in [3.63, 3.8) is 0 Å². The molecule has 7 rings (SSSR count). The molecule has 5 heterocycles. The molecule has 1 N–H and O–H groups in total. The Labute approximate surface area is 296 Å². The minimum atomic E-state index is -1.05. The van der Waals surface area contributed by atoms with E-state index in [9.17, 15) is 24.3 Å². The van der Waals surface area contributed by atoms with E-state index < -0.39 is 11.5 Å². The van der Waals surface area contributed by atoms with Crippen molar-refractivity contribution in [1.82, 2.24) is 24.4 Å². The topological polar surface area (TPSA) is 128 Å². The van der Waals surface area contributed by atoms with E-state index in [0.717, 1.165) is 31.5 Å². The number of rotatable bonds is 7. The number of halogens is 2. The van der Waals surface area contributed by atoms with Gasteiger partial charge in [0.1, 0.15) is 29.9 Å². The molecule has 50 heavy (non-hydrogen) atoms. The molecule has 5 aromatic rings. The van der Waals surface area contributed by atoms with E-state index in [1.807, 2.05) is 25.8 Å². The average molecular weight is 710 g/mol. The average Bonchev–Trinajstić information content (AvgIpc) is 3.50. The lowest BCUT2D eigenvalue weighted by Gasteiger charge is -2.64. The van der Waals surface area contributed by atoms with Gasteiger partial charge in [0.2, 0.25) is 0 Å². The highest BCUT2D eigenvalue weighted by Crippen LogP contribution is 2.52. The first-order valence-electron chi connectivity index (χ1n) is 16.1. The van der Waals surface area contributed by atoms with Crippen LogP contribution in [0.15, 0.2) is 46.8 Å². The van der Waals surface area contributed by atoms with Gasteiger partial charge in [-0.2, -0.15) is 5.26 Å². The van der Waals surface area contributed by atoms with Crippen molar-refractivity contribution >= 4 is 55.8 Å². The summed E-state index contributed by atoms with van der Waals surface area (Å²) < 4.78 is 15.6. The van der Waals surface area contributed by atoms with Crippen molar-refractivity contribution < 1.29 is 14.3 Å². The molecule has 0 bridgehead atoms. The van der Waals surface area contributed by atoms with Crippen LogP contribution in [0.1, 0.15) is 54.0 Å². The molecule has 10 nitrogen and oxygen atoms in total. The summed E-state index contributed by atoms with van der Waals surface area (Å²) in [7, 11) is 1.90. The Balaban J connectivity index is 1.18. The molecule has 2 aliphatic rings. The van der Waals surface area contributed by atoms with E-state index in [-0.39, 0.29) is 46.7 Å². The van der Waals surface area contributed by atoms with Crippen molar-refractivity contribution in [2.45, 2.75) is 51.7 Å². The van der Waals surface area contributed by atoms with Crippen LogP contribution in [-0.4, -0.2) is 73.9 Å². The van der Waals surface area contributed by atoms with E-state index in [1.165, 1.54) is 15.9 Å². The van der Waals surface area contributed by atoms with Gasteiger partial charge in [0, 0.05) is 65.0 Å². The van der Waals surface area contributed by atoms with Crippen molar-refractivity contribution in [3.8, 4) is 29.0 Å². The Morgan fingerprint density at radius 3 is 2.70 bits per heavy atom. The summed E-state index contributed by atoms with van der Waals surface area (Å²) in [5, 5.41) is 22.2. The minimum Gasteiger partial charge on any atom is -0.478 e. The summed E-state index contributed by atoms with van der Waals surface area (Å²) in [5.41, 5.74) is 2.44. The molecule has 1 saturated heterocycles. The highest BCUT2D eigenvalue weighted by atomic mass is 35.5. The quantitative estimate of drug-likeness (QED) is 0.194. The van der Waals surface area contributed by atoms with Gasteiger partial charge in [0.25, 0.3) is 5.56 Å². The monoisotopic (exact) mass is 709 g/mol. The second-order valence-electron chi connectivity index (χ2n) is 13.8. The first kappa shape index (κ1) is 33.6. The largest absolute Gasteiger partial charge is 0.478 e. The molecule has 1 aliphatic carbocycles. The Morgan fingerprint density at radius 1 is 1.24 bits per heavy atom. The number of aryl methyl sites for hydroxylation is 1. The first-order valence-corrected chi connectivity index (χ1v) is 17.3. The van der Waals surface area contributed by atoms with Gasteiger partial charge in [0.15, 0.2) is 0 Å². The highest BCUT2D eigenvalue weighted by Gasteiger charge is 2.56. The number of likely N-dealkylation sites (tertiary alicyclic amines) is 1. The van der Waals surface area contributed by atoms with Crippen LogP contribution < -0.4 is 10.5 Å². The Morgan fingerprint density at radius 2 is 2.00 bits per heavy atom. The second-order valence-corrected chi connectivity index (χ2v) is 15.2. The molecule has 1 aliphatic heterocycles. The summed E-state index contributed by atoms with van der Waals surface area (Å²) >= 11 is 7.68. The first-order chi connectivity index (χ1) is 23.9. The molecule has 1 saturated carbocycles. The second kappa shape index (κ2) is 12.5. The summed E-state index contributed by atoms with van der Waals surface area (Å²) in [6.07, 6.45) is 4.92. The van der Waals surface area contributed by atoms with Crippen LogP contribution in [0.2, 0.25) is 5.02 Å². The van der Waals surface area contributed by atoms with Gasteiger partial charge < -0.3 is 10.0 Å². The standard InChI is InChI=1S/C37H33ClFN7O3S/c1-21-43-29-16-42-33(44(4)24-13-37(14-24)19-45(20-37)36(2,3)18-39)27(15-40)30(29)34(47)46(21)11-5-6-22-7-8-23(38)12-26(22)25-9-10-41-31-28(35(48)49)17-50-32(25)31/h7-10,12,16-17,24H,11,13-14,18-20H2,1-4H3,(H,48,49). The lowest BCUT2D eigenvalue weighted by molar-refractivity contribution is -0.122. The van der Waals surface area contributed by atoms with Crippen molar-refractivity contribution in [1.29, 1.82) is 5.26 Å². The fraction of sp³-hybridized carbons (Fsp3) is 0.351. The van der Waals surface area contributed by atoms with Crippen LogP contribution in [0, 0.1) is 35.5 Å². The van der Waals surface area contributed by atoms with Crippen LogP contribution in [0.25, 0.3) is 32.2 Å². The van der Waals surface area contributed by atoms with Crippen LogP contribution in [0.4, 0.5) is 10.2 Å². The van der Waals surface area contributed by atoms with E-state index >= 15 is 0 Å². The number of carbonyl (C=O) groups is 1. The maximum Gasteiger partial charge on any atom is 0.338 e. The van der Waals surface area contributed by atoms with Gasteiger partial charge in [-0.3, -0.25) is 19.2 Å². The number of carboxylic acid groups (broad SMARTS) is 1. The molecule has 0 unspecified atom stereocenters. The highest BCUT2D eigenvalue weighted by molar-refractivity contribution is 7.18. The zero-order valence-corrected chi connectivity index (χ0v) is 29.5. The molecule has 0 radical (unpaired) electrons. The van der Waals surface area contributed by atoms with Gasteiger partial charge in [-0.25, -0.2) is 19.2 Å². The number of anilines is 1. The van der Waals surface area contributed by atoms with Crippen LogP contribution in [-0.2, 0) is 6.54 Å². The van der Waals surface area contributed by atoms with Crippen molar-refractivity contribution in [2.75, 3.05) is 31.7 Å². The fourth-order valence-corrected chi connectivity index (χ4v) is 8.35. The SMILES string of the molecule is Cc1nc2cnc(N(C)C3CC4(C3)CN(C(C)(C)CF)C4)c(C#N)c2c(=O)n1CC#Cc1ccc(Cl)cc1-c1ccnc2c(C(=O)O)csc12. The minimum absolute atomic E-state index is 0.0127. The number of carboxylic acids is 1. The van der Waals surface area contributed by atoms with Crippen LogP contribution >= 0.6 is 22.9 Å². The number of hydrogen-bond acceptors (Lipinski definition) is 9.